The Labute approximate surface area is 129 Å². The Morgan fingerprint density at radius 2 is 2.09 bits per heavy atom. The third kappa shape index (κ3) is 5.63. The first-order valence-electron chi connectivity index (χ1n) is 6.86. The van der Waals surface area contributed by atoms with E-state index in [4.69, 9.17) is 13.7 Å². The van der Waals surface area contributed by atoms with Crippen molar-refractivity contribution in [2.45, 2.75) is 12.7 Å². The van der Waals surface area contributed by atoms with E-state index in [0.29, 0.717) is 13.2 Å². The van der Waals surface area contributed by atoms with Gasteiger partial charge in [0.2, 0.25) is 0 Å². The number of carbonyl (C=O) groups excluding carboxylic acids is 1. The average molecular weight is 329 g/mol. The first-order valence-corrected chi connectivity index (χ1v) is 8.67. The monoisotopic (exact) mass is 329 g/mol. The fraction of sp³-hybridized carbons (Fsp3) is 0.500. The molecule has 0 aliphatic carbocycles. The van der Waals surface area contributed by atoms with Crippen molar-refractivity contribution in [2.24, 2.45) is 0 Å². The van der Waals surface area contributed by atoms with Gasteiger partial charge in [-0.1, -0.05) is 30.3 Å². The largest absolute Gasteiger partial charge is 0.445 e. The number of nitrogens with zero attached hydrogens (tertiary/aromatic N) is 1. The predicted octanol–water partition coefficient (Wildman–Crippen LogP) is 1.00. The fourth-order valence-corrected chi connectivity index (χ4v) is 2.40. The van der Waals surface area contributed by atoms with Crippen LogP contribution in [-0.2, 0) is 30.4 Å². The van der Waals surface area contributed by atoms with Crippen LogP contribution < -0.4 is 0 Å². The van der Waals surface area contributed by atoms with Crippen LogP contribution in [0.3, 0.4) is 0 Å². The molecule has 0 N–H and O–H groups in total. The summed E-state index contributed by atoms with van der Waals surface area (Å²) in [5, 5.41) is 0. The van der Waals surface area contributed by atoms with Gasteiger partial charge in [-0.15, -0.1) is 0 Å². The van der Waals surface area contributed by atoms with E-state index in [1.54, 1.807) is 0 Å². The van der Waals surface area contributed by atoms with Gasteiger partial charge in [0.15, 0.2) is 0 Å². The van der Waals surface area contributed by atoms with Crippen molar-refractivity contribution < 1.29 is 26.9 Å². The quantitative estimate of drug-likeness (QED) is 0.750. The molecule has 1 fully saturated rings. The van der Waals surface area contributed by atoms with Crippen LogP contribution in [0, 0.1) is 0 Å². The van der Waals surface area contributed by atoms with Crippen LogP contribution in [0.15, 0.2) is 30.3 Å². The van der Waals surface area contributed by atoms with Gasteiger partial charge in [-0.2, -0.15) is 8.42 Å². The van der Waals surface area contributed by atoms with E-state index in [1.165, 1.54) is 4.90 Å². The van der Waals surface area contributed by atoms with Gasteiger partial charge in [0, 0.05) is 6.54 Å². The molecule has 8 heteroatoms. The zero-order valence-corrected chi connectivity index (χ0v) is 13.1. The maximum atomic E-state index is 12.0. The van der Waals surface area contributed by atoms with Crippen molar-refractivity contribution in [3.8, 4) is 0 Å². The molecule has 0 bridgehead atoms. The lowest BCUT2D eigenvalue weighted by Gasteiger charge is -2.31. The van der Waals surface area contributed by atoms with Crippen molar-refractivity contribution >= 4 is 16.2 Å². The summed E-state index contributed by atoms with van der Waals surface area (Å²) < 4.78 is 37.2. The Morgan fingerprint density at radius 1 is 1.36 bits per heavy atom. The highest BCUT2D eigenvalue weighted by atomic mass is 32.2. The molecule has 0 unspecified atom stereocenters. The van der Waals surface area contributed by atoms with Gasteiger partial charge in [-0.3, -0.25) is 4.18 Å². The molecule has 1 aromatic carbocycles. The number of benzene rings is 1. The second kappa shape index (κ2) is 7.57. The zero-order valence-electron chi connectivity index (χ0n) is 12.3. The molecule has 0 aromatic heterocycles. The number of carbonyl (C=O) groups is 1. The molecule has 7 nitrogen and oxygen atoms in total. The van der Waals surface area contributed by atoms with E-state index in [2.05, 4.69) is 0 Å². The van der Waals surface area contributed by atoms with E-state index in [1.807, 2.05) is 30.3 Å². The summed E-state index contributed by atoms with van der Waals surface area (Å²) in [4.78, 5) is 13.5. The Balaban J connectivity index is 1.79. The Hall–Kier alpha value is -1.64. The average Bonchev–Trinajstić information content (AvgIpc) is 2.51. The first kappa shape index (κ1) is 16.7. The van der Waals surface area contributed by atoms with Gasteiger partial charge < -0.3 is 14.4 Å². The minimum Gasteiger partial charge on any atom is -0.445 e. The van der Waals surface area contributed by atoms with E-state index < -0.39 is 22.3 Å². The lowest BCUT2D eigenvalue weighted by atomic mass is 10.2. The van der Waals surface area contributed by atoms with Crippen LogP contribution in [0.1, 0.15) is 5.56 Å². The molecular weight excluding hydrogens is 310 g/mol. The Bertz CT molecular complexity index is 589. The molecule has 2 rings (SSSR count). The number of hydrogen-bond acceptors (Lipinski definition) is 6. The van der Waals surface area contributed by atoms with Gasteiger partial charge in [0.05, 0.1) is 26.0 Å². The zero-order chi connectivity index (χ0) is 16.0. The lowest BCUT2D eigenvalue weighted by molar-refractivity contribution is -0.0448. The highest BCUT2D eigenvalue weighted by Gasteiger charge is 2.26. The van der Waals surface area contributed by atoms with Crippen molar-refractivity contribution in [2.75, 3.05) is 32.6 Å². The van der Waals surface area contributed by atoms with Crippen molar-refractivity contribution in [1.82, 2.24) is 4.90 Å². The van der Waals surface area contributed by atoms with E-state index in [-0.39, 0.29) is 19.8 Å². The number of rotatable bonds is 5. The van der Waals surface area contributed by atoms with E-state index >= 15 is 0 Å². The number of hydrogen-bond donors (Lipinski definition) is 0. The van der Waals surface area contributed by atoms with E-state index in [9.17, 15) is 13.2 Å². The summed E-state index contributed by atoms with van der Waals surface area (Å²) >= 11 is 0. The molecule has 1 atom stereocenters. The van der Waals surface area contributed by atoms with Crippen LogP contribution in [0.5, 0.6) is 0 Å². The van der Waals surface area contributed by atoms with Gasteiger partial charge in [0.25, 0.3) is 10.1 Å². The second-order valence-electron chi connectivity index (χ2n) is 4.97. The van der Waals surface area contributed by atoms with Gasteiger partial charge in [-0.25, -0.2) is 4.79 Å². The molecule has 0 saturated carbocycles. The van der Waals surface area contributed by atoms with Crippen LogP contribution >= 0.6 is 0 Å². The minimum atomic E-state index is -3.52. The van der Waals surface area contributed by atoms with Crippen LogP contribution in [0.2, 0.25) is 0 Å². The number of ether oxygens (including phenoxy) is 2. The summed E-state index contributed by atoms with van der Waals surface area (Å²) in [6.07, 6.45) is 0.0473. The molecule has 1 aliphatic rings. The molecule has 1 saturated heterocycles. The second-order valence-corrected chi connectivity index (χ2v) is 6.61. The summed E-state index contributed by atoms with van der Waals surface area (Å²) in [7, 11) is -3.52. The third-order valence-electron chi connectivity index (χ3n) is 3.07. The molecule has 22 heavy (non-hydrogen) atoms. The van der Waals surface area contributed by atoms with Crippen LogP contribution in [0.25, 0.3) is 0 Å². The highest BCUT2D eigenvalue weighted by Crippen LogP contribution is 2.10. The smallest absolute Gasteiger partial charge is 0.410 e. The molecule has 1 amide bonds. The highest BCUT2D eigenvalue weighted by molar-refractivity contribution is 7.85. The molecule has 0 spiro atoms. The van der Waals surface area contributed by atoms with Gasteiger partial charge in [-0.05, 0) is 5.56 Å². The fourth-order valence-electron chi connectivity index (χ4n) is 2.00. The molecule has 122 valence electrons. The van der Waals surface area contributed by atoms with Crippen molar-refractivity contribution in [1.29, 1.82) is 0 Å². The van der Waals surface area contributed by atoms with Crippen LogP contribution in [0.4, 0.5) is 4.79 Å². The van der Waals surface area contributed by atoms with Crippen molar-refractivity contribution in [3.63, 3.8) is 0 Å². The van der Waals surface area contributed by atoms with Crippen molar-refractivity contribution in [3.05, 3.63) is 35.9 Å². The maximum Gasteiger partial charge on any atom is 0.410 e. The normalized spacial score (nSPS) is 19.0. The van der Waals surface area contributed by atoms with Gasteiger partial charge in [0.1, 0.15) is 12.7 Å². The number of amides is 1. The minimum absolute atomic E-state index is 0.110. The first-order chi connectivity index (χ1) is 10.4. The molecule has 1 aliphatic heterocycles. The summed E-state index contributed by atoms with van der Waals surface area (Å²) in [5.74, 6) is 0. The predicted molar refractivity (Wildman–Crippen MR) is 78.7 cm³/mol. The summed E-state index contributed by atoms with van der Waals surface area (Å²) in [6, 6.07) is 9.37. The summed E-state index contributed by atoms with van der Waals surface area (Å²) in [6.45, 7) is 1.05. The third-order valence-corrected chi connectivity index (χ3v) is 3.63. The Morgan fingerprint density at radius 3 is 2.77 bits per heavy atom. The molecule has 0 radical (unpaired) electrons. The topological polar surface area (TPSA) is 82.1 Å². The SMILES string of the molecule is CS(=O)(=O)OC[C@@H]1CN(C(=O)OCc2ccccc2)CCO1. The lowest BCUT2D eigenvalue weighted by Crippen LogP contribution is -2.47. The Kier molecular flexibility index (Phi) is 5.76. The van der Waals surface area contributed by atoms with E-state index in [0.717, 1.165) is 11.8 Å². The number of morpholine rings is 1. The molecule has 1 heterocycles. The summed E-state index contributed by atoms with van der Waals surface area (Å²) in [5.41, 5.74) is 0.904. The standard InChI is InChI=1S/C14H19NO6S/c1-22(17,18)21-11-13-9-15(7-8-19-13)14(16)20-10-12-5-3-2-4-6-12/h2-6,13H,7-11H2,1H3/t13-/m0/s1. The maximum absolute atomic E-state index is 12.0. The van der Waals surface area contributed by atoms with Gasteiger partial charge >= 0.3 is 6.09 Å². The molecule has 1 aromatic rings. The molecular formula is C14H19NO6S. The van der Waals surface area contributed by atoms with Crippen LogP contribution in [-0.4, -0.2) is 58.1 Å².